The fraction of sp³-hybridized carbons (Fsp3) is 0.100. The molecule has 0 radical (unpaired) electrons. The lowest BCUT2D eigenvalue weighted by Gasteiger charge is -2.11. The molecule has 2 aromatic heterocycles. The first-order valence-electron chi connectivity index (χ1n) is 8.05. The van der Waals surface area contributed by atoms with Crippen LogP contribution in [0.4, 0.5) is 20.3 Å². The number of aromatic nitrogens is 2. The van der Waals surface area contributed by atoms with E-state index >= 15 is 0 Å². The van der Waals surface area contributed by atoms with Crippen LogP contribution in [0.25, 0.3) is 21.3 Å². The highest BCUT2D eigenvalue weighted by Crippen LogP contribution is 2.39. The van der Waals surface area contributed by atoms with Crippen LogP contribution in [-0.2, 0) is 0 Å². The van der Waals surface area contributed by atoms with Gasteiger partial charge in [-0.05, 0) is 37.1 Å². The summed E-state index contributed by atoms with van der Waals surface area (Å²) in [5, 5.41) is 5.57. The lowest BCUT2D eigenvalue weighted by Crippen LogP contribution is -2.00. The van der Waals surface area contributed by atoms with Gasteiger partial charge in [0.2, 0.25) is 0 Å². The summed E-state index contributed by atoms with van der Waals surface area (Å²) in [5.41, 5.74) is 4.08. The Bertz CT molecular complexity index is 1100. The molecular weight excluding hydrogens is 352 g/mol. The zero-order chi connectivity index (χ0) is 18.3. The van der Waals surface area contributed by atoms with Crippen molar-refractivity contribution in [1.82, 2.24) is 9.97 Å². The van der Waals surface area contributed by atoms with Crippen molar-refractivity contribution in [3.63, 3.8) is 0 Å². The number of thiophene rings is 1. The van der Waals surface area contributed by atoms with E-state index in [1.54, 1.807) is 0 Å². The van der Waals surface area contributed by atoms with E-state index in [2.05, 4.69) is 21.4 Å². The Labute approximate surface area is 153 Å². The third-order valence-electron chi connectivity index (χ3n) is 4.25. The summed E-state index contributed by atoms with van der Waals surface area (Å²) in [6, 6.07) is 9.94. The predicted octanol–water partition coefficient (Wildman–Crippen LogP) is 6.00. The van der Waals surface area contributed by atoms with Gasteiger partial charge in [0.05, 0.1) is 5.39 Å². The molecule has 0 fully saturated rings. The van der Waals surface area contributed by atoms with Gasteiger partial charge in [-0.2, -0.15) is 0 Å². The van der Waals surface area contributed by atoms with Gasteiger partial charge in [-0.25, -0.2) is 18.7 Å². The van der Waals surface area contributed by atoms with Gasteiger partial charge in [0.25, 0.3) is 0 Å². The number of halogens is 2. The molecule has 0 atom stereocenters. The highest BCUT2D eigenvalue weighted by atomic mass is 32.1. The van der Waals surface area contributed by atoms with Crippen molar-refractivity contribution in [2.24, 2.45) is 0 Å². The topological polar surface area (TPSA) is 37.8 Å². The fourth-order valence-electron chi connectivity index (χ4n) is 3.02. The molecule has 0 bridgehead atoms. The van der Waals surface area contributed by atoms with Gasteiger partial charge in [0.15, 0.2) is 0 Å². The molecule has 1 N–H and O–H groups in total. The normalized spacial score (nSPS) is 11.1. The average molecular weight is 367 g/mol. The molecule has 3 nitrogen and oxygen atoms in total. The van der Waals surface area contributed by atoms with E-state index in [1.165, 1.54) is 41.4 Å². The highest BCUT2D eigenvalue weighted by molar-refractivity contribution is 7.17. The van der Waals surface area contributed by atoms with E-state index in [-0.39, 0.29) is 5.69 Å². The van der Waals surface area contributed by atoms with Crippen molar-refractivity contribution in [3.05, 3.63) is 70.9 Å². The van der Waals surface area contributed by atoms with Gasteiger partial charge in [0.1, 0.15) is 34.3 Å². The molecular formula is C20H15F2N3S. The number of rotatable bonds is 3. The Morgan fingerprint density at radius 2 is 1.73 bits per heavy atom. The number of fused-ring (bicyclic) bond motifs is 1. The van der Waals surface area contributed by atoms with E-state index in [0.717, 1.165) is 26.9 Å². The first-order chi connectivity index (χ1) is 12.5. The van der Waals surface area contributed by atoms with Crippen LogP contribution in [0.1, 0.15) is 11.1 Å². The van der Waals surface area contributed by atoms with Crippen LogP contribution in [0.3, 0.4) is 0 Å². The van der Waals surface area contributed by atoms with Gasteiger partial charge in [-0.1, -0.05) is 29.8 Å². The summed E-state index contributed by atoms with van der Waals surface area (Å²) in [7, 11) is 0. The van der Waals surface area contributed by atoms with Gasteiger partial charge in [-0.15, -0.1) is 11.3 Å². The quantitative estimate of drug-likeness (QED) is 0.483. The van der Waals surface area contributed by atoms with Crippen molar-refractivity contribution < 1.29 is 8.78 Å². The fourth-order valence-corrected chi connectivity index (χ4v) is 3.93. The average Bonchev–Trinajstić information content (AvgIpc) is 3.03. The minimum absolute atomic E-state index is 0.217. The lowest BCUT2D eigenvalue weighted by atomic mass is 9.99. The number of hydrogen-bond donors (Lipinski definition) is 1. The Kier molecular flexibility index (Phi) is 4.12. The van der Waals surface area contributed by atoms with Crippen LogP contribution in [0.15, 0.2) is 48.1 Å². The molecule has 130 valence electrons. The summed E-state index contributed by atoms with van der Waals surface area (Å²) in [6.45, 7) is 4.08. The molecule has 0 aliphatic heterocycles. The zero-order valence-electron chi connectivity index (χ0n) is 14.2. The van der Waals surface area contributed by atoms with E-state index in [9.17, 15) is 8.78 Å². The SMILES string of the molecule is Cc1ccc(-c2csc3ncnc(Nc4c(F)cccc4F)c23)c(C)c1. The van der Waals surface area contributed by atoms with Crippen molar-refractivity contribution in [2.75, 3.05) is 5.32 Å². The van der Waals surface area contributed by atoms with E-state index < -0.39 is 11.6 Å². The van der Waals surface area contributed by atoms with Crippen LogP contribution < -0.4 is 5.32 Å². The standard InChI is InChI=1S/C20H15F2N3S/c1-11-6-7-13(12(2)8-11)14-9-26-20-17(14)19(23-10-24-20)25-18-15(21)4-3-5-16(18)22/h3-10H,1-2H3,(H,23,24,25). The zero-order valence-corrected chi connectivity index (χ0v) is 15.0. The number of para-hydroxylation sites is 1. The first kappa shape index (κ1) is 16.6. The molecule has 4 rings (SSSR count). The minimum Gasteiger partial charge on any atom is -0.335 e. The Morgan fingerprint density at radius 3 is 2.46 bits per heavy atom. The van der Waals surface area contributed by atoms with Crippen molar-refractivity contribution in [2.45, 2.75) is 13.8 Å². The largest absolute Gasteiger partial charge is 0.335 e. The van der Waals surface area contributed by atoms with E-state index in [1.807, 2.05) is 31.4 Å². The molecule has 2 heterocycles. The maximum absolute atomic E-state index is 14.1. The summed E-state index contributed by atoms with van der Waals surface area (Å²) in [5.74, 6) is -0.949. The lowest BCUT2D eigenvalue weighted by molar-refractivity contribution is 0.590. The molecule has 0 unspecified atom stereocenters. The second-order valence-electron chi connectivity index (χ2n) is 6.09. The molecule has 0 spiro atoms. The number of anilines is 2. The molecule has 6 heteroatoms. The monoisotopic (exact) mass is 367 g/mol. The van der Waals surface area contributed by atoms with Crippen LogP contribution in [0, 0.1) is 25.5 Å². The van der Waals surface area contributed by atoms with Crippen LogP contribution >= 0.6 is 11.3 Å². The highest BCUT2D eigenvalue weighted by Gasteiger charge is 2.17. The molecule has 26 heavy (non-hydrogen) atoms. The Hall–Kier alpha value is -2.86. The minimum atomic E-state index is -0.667. The van der Waals surface area contributed by atoms with Gasteiger partial charge in [0, 0.05) is 10.9 Å². The van der Waals surface area contributed by atoms with Gasteiger partial charge in [-0.3, -0.25) is 0 Å². The van der Waals surface area contributed by atoms with Crippen LogP contribution in [0.5, 0.6) is 0 Å². The third kappa shape index (κ3) is 2.82. The number of aryl methyl sites for hydroxylation is 2. The maximum Gasteiger partial charge on any atom is 0.149 e. The Morgan fingerprint density at radius 1 is 0.962 bits per heavy atom. The molecule has 0 saturated heterocycles. The van der Waals surface area contributed by atoms with E-state index in [0.29, 0.717) is 5.82 Å². The van der Waals surface area contributed by atoms with Crippen molar-refractivity contribution >= 4 is 33.1 Å². The number of nitrogens with zero attached hydrogens (tertiary/aromatic N) is 2. The number of nitrogens with one attached hydrogen (secondary N) is 1. The second-order valence-corrected chi connectivity index (χ2v) is 6.95. The van der Waals surface area contributed by atoms with Gasteiger partial charge >= 0.3 is 0 Å². The molecule has 4 aromatic rings. The van der Waals surface area contributed by atoms with Gasteiger partial charge < -0.3 is 5.32 Å². The molecule has 0 aliphatic carbocycles. The second kappa shape index (κ2) is 6.46. The molecule has 0 saturated carbocycles. The van der Waals surface area contributed by atoms with Crippen LogP contribution in [0.2, 0.25) is 0 Å². The number of hydrogen-bond acceptors (Lipinski definition) is 4. The summed E-state index contributed by atoms with van der Waals surface area (Å²) in [4.78, 5) is 9.30. The van der Waals surface area contributed by atoms with E-state index in [4.69, 9.17) is 0 Å². The number of benzene rings is 2. The predicted molar refractivity (Wildman–Crippen MR) is 102 cm³/mol. The van der Waals surface area contributed by atoms with Crippen LogP contribution in [-0.4, -0.2) is 9.97 Å². The smallest absolute Gasteiger partial charge is 0.149 e. The molecule has 0 amide bonds. The Balaban J connectivity index is 1.90. The summed E-state index contributed by atoms with van der Waals surface area (Å²) >= 11 is 1.48. The van der Waals surface area contributed by atoms with Crippen molar-refractivity contribution in [3.8, 4) is 11.1 Å². The van der Waals surface area contributed by atoms with Crippen molar-refractivity contribution in [1.29, 1.82) is 0 Å². The summed E-state index contributed by atoms with van der Waals surface area (Å²) in [6.07, 6.45) is 1.39. The molecule has 0 aliphatic rings. The first-order valence-corrected chi connectivity index (χ1v) is 8.93. The maximum atomic E-state index is 14.1. The third-order valence-corrected chi connectivity index (χ3v) is 5.13. The molecule has 2 aromatic carbocycles. The summed E-state index contributed by atoms with van der Waals surface area (Å²) < 4.78 is 28.1.